The van der Waals surface area contributed by atoms with Gasteiger partial charge in [-0.05, 0) is 61.8 Å². The smallest absolute Gasteiger partial charge is 0.236 e. The predicted molar refractivity (Wildman–Crippen MR) is 120 cm³/mol. The third-order valence-electron chi connectivity index (χ3n) is 5.25. The molecule has 4 rings (SSSR count). The molecule has 31 heavy (non-hydrogen) atoms. The number of aromatic nitrogens is 1. The van der Waals surface area contributed by atoms with Crippen molar-refractivity contribution < 1.29 is 9.15 Å². The van der Waals surface area contributed by atoms with E-state index in [-0.39, 0.29) is 18.3 Å². The highest BCUT2D eigenvalue weighted by Gasteiger charge is 2.26. The monoisotopic (exact) mass is 456 g/mol. The van der Waals surface area contributed by atoms with E-state index in [9.17, 15) is 5.26 Å². The number of benzene rings is 2. The van der Waals surface area contributed by atoms with Gasteiger partial charge in [-0.1, -0.05) is 41.4 Å². The molecule has 6 nitrogen and oxygen atoms in total. The van der Waals surface area contributed by atoms with Crippen molar-refractivity contribution in [3.8, 4) is 11.8 Å². The van der Waals surface area contributed by atoms with Gasteiger partial charge in [-0.2, -0.15) is 10.2 Å². The van der Waals surface area contributed by atoms with Gasteiger partial charge in [0.2, 0.25) is 17.5 Å². The van der Waals surface area contributed by atoms with Crippen LogP contribution in [0.1, 0.15) is 36.0 Å². The van der Waals surface area contributed by atoms with E-state index in [2.05, 4.69) is 21.3 Å². The van der Waals surface area contributed by atoms with E-state index >= 15 is 0 Å². The third-order valence-corrected chi connectivity index (χ3v) is 5.85. The Kier molecular flexibility index (Phi) is 6.98. The maximum Gasteiger partial charge on any atom is 0.236 e. The first-order chi connectivity index (χ1) is 15.1. The number of hydrogen-bond donors (Lipinski definition) is 1. The van der Waals surface area contributed by atoms with E-state index in [0.717, 1.165) is 23.7 Å². The second-order valence-electron chi connectivity index (χ2n) is 7.30. The van der Waals surface area contributed by atoms with Gasteiger partial charge in [-0.25, -0.2) is 0 Å². The lowest BCUT2D eigenvalue weighted by molar-refractivity contribution is 0.252. The van der Waals surface area contributed by atoms with Gasteiger partial charge in [0.05, 0.1) is 6.04 Å². The van der Waals surface area contributed by atoms with Crippen molar-refractivity contribution in [2.45, 2.75) is 25.5 Å². The molecule has 0 saturated carbocycles. The summed E-state index contributed by atoms with van der Waals surface area (Å²) in [6.45, 7) is 2.68. The summed E-state index contributed by atoms with van der Waals surface area (Å²) in [5.74, 6) is 1.31. The number of anilines is 1. The highest BCUT2D eigenvalue weighted by molar-refractivity contribution is 6.31. The molecule has 1 fully saturated rings. The first-order valence-corrected chi connectivity index (χ1v) is 10.9. The molecule has 1 unspecified atom stereocenters. The number of likely N-dealkylation sites (tertiary alicyclic amines) is 1. The second kappa shape index (κ2) is 10.1. The van der Waals surface area contributed by atoms with Gasteiger partial charge in [0.1, 0.15) is 11.8 Å². The summed E-state index contributed by atoms with van der Waals surface area (Å²) in [4.78, 5) is 6.65. The molecule has 1 aliphatic rings. The van der Waals surface area contributed by atoms with Gasteiger partial charge in [0, 0.05) is 16.6 Å². The van der Waals surface area contributed by atoms with Crippen molar-refractivity contribution >= 4 is 29.1 Å². The van der Waals surface area contributed by atoms with Crippen LogP contribution in [0.2, 0.25) is 10.0 Å². The van der Waals surface area contributed by atoms with Gasteiger partial charge < -0.3 is 14.5 Å². The Hall–Kier alpha value is -2.72. The molecule has 2 heterocycles. The van der Waals surface area contributed by atoms with E-state index in [4.69, 9.17) is 32.4 Å². The van der Waals surface area contributed by atoms with Crippen LogP contribution in [0.25, 0.3) is 0 Å². The van der Waals surface area contributed by atoms with E-state index < -0.39 is 0 Å². The molecule has 2 aromatic carbocycles. The van der Waals surface area contributed by atoms with Gasteiger partial charge in [-0.15, -0.1) is 0 Å². The van der Waals surface area contributed by atoms with Gasteiger partial charge in [-0.3, -0.25) is 4.90 Å². The van der Waals surface area contributed by atoms with E-state index in [1.54, 1.807) is 24.3 Å². The molecule has 3 aromatic rings. The molecule has 0 aliphatic carbocycles. The number of hydrogen-bond acceptors (Lipinski definition) is 6. The fourth-order valence-electron chi connectivity index (χ4n) is 3.72. The minimum atomic E-state index is 0.0709. The number of nitriles is 1. The Balaban J connectivity index is 1.46. The zero-order valence-electron chi connectivity index (χ0n) is 16.9. The summed E-state index contributed by atoms with van der Waals surface area (Å²) in [5.41, 5.74) is 1.26. The van der Waals surface area contributed by atoms with Crippen LogP contribution in [0.5, 0.6) is 5.75 Å². The van der Waals surface area contributed by atoms with Crippen LogP contribution in [0, 0.1) is 11.3 Å². The van der Waals surface area contributed by atoms with Crippen LogP contribution in [0.3, 0.4) is 0 Å². The van der Waals surface area contributed by atoms with Gasteiger partial charge in [0.25, 0.3) is 0 Å². The van der Waals surface area contributed by atoms with Gasteiger partial charge in [0.15, 0.2) is 6.61 Å². The lowest BCUT2D eigenvalue weighted by Crippen LogP contribution is -2.31. The van der Waals surface area contributed by atoms with Crippen LogP contribution in [0.4, 0.5) is 5.88 Å². The minimum absolute atomic E-state index is 0.0709. The van der Waals surface area contributed by atoms with Crippen molar-refractivity contribution in [1.82, 2.24) is 9.88 Å². The molecule has 0 radical (unpaired) electrons. The number of nitrogens with zero attached hydrogens (tertiary/aromatic N) is 3. The van der Waals surface area contributed by atoms with E-state index in [1.807, 2.05) is 24.3 Å². The maximum atomic E-state index is 9.49. The second-order valence-corrected chi connectivity index (χ2v) is 8.14. The van der Waals surface area contributed by atoms with Crippen molar-refractivity contribution in [3.05, 3.63) is 75.7 Å². The largest absolute Gasteiger partial charge is 0.484 e. The molecule has 0 bridgehead atoms. The summed E-state index contributed by atoms with van der Waals surface area (Å²) in [5, 5.41) is 14.1. The summed E-state index contributed by atoms with van der Waals surface area (Å²) in [6, 6.07) is 17.0. The average molecular weight is 457 g/mol. The Labute approximate surface area is 191 Å². The molecule has 1 saturated heterocycles. The molecule has 0 amide bonds. The average Bonchev–Trinajstić information content (AvgIpc) is 3.45. The quantitative estimate of drug-likeness (QED) is 0.469. The Morgan fingerprint density at radius 3 is 2.58 bits per heavy atom. The highest BCUT2D eigenvalue weighted by Crippen LogP contribution is 2.31. The van der Waals surface area contributed by atoms with E-state index in [0.29, 0.717) is 29.1 Å². The van der Waals surface area contributed by atoms with Crippen LogP contribution < -0.4 is 10.1 Å². The zero-order valence-corrected chi connectivity index (χ0v) is 18.4. The van der Waals surface area contributed by atoms with E-state index in [1.165, 1.54) is 12.8 Å². The highest BCUT2D eigenvalue weighted by atomic mass is 35.5. The fourth-order valence-corrected chi connectivity index (χ4v) is 4.11. The molecule has 0 spiro atoms. The number of halogens is 2. The van der Waals surface area contributed by atoms with Crippen molar-refractivity contribution in [3.63, 3.8) is 0 Å². The Bertz CT molecular complexity index is 1060. The lowest BCUT2D eigenvalue weighted by atomic mass is 10.1. The van der Waals surface area contributed by atoms with Gasteiger partial charge >= 0.3 is 0 Å². The van der Waals surface area contributed by atoms with Crippen LogP contribution in [0.15, 0.2) is 52.9 Å². The van der Waals surface area contributed by atoms with Crippen LogP contribution >= 0.6 is 23.2 Å². The minimum Gasteiger partial charge on any atom is -0.484 e. The maximum absolute atomic E-state index is 9.49. The third kappa shape index (κ3) is 5.31. The van der Waals surface area contributed by atoms with Crippen molar-refractivity contribution in [2.24, 2.45) is 0 Å². The number of oxazole rings is 1. The van der Waals surface area contributed by atoms with Crippen LogP contribution in [-0.4, -0.2) is 29.5 Å². The fraction of sp³-hybridized carbons (Fsp3) is 0.304. The molecule has 1 aliphatic heterocycles. The zero-order chi connectivity index (χ0) is 21.6. The molecular formula is C23H22Cl2N4O2. The molecule has 1 aromatic heterocycles. The summed E-state index contributed by atoms with van der Waals surface area (Å²) >= 11 is 12.4. The Morgan fingerprint density at radius 1 is 1.13 bits per heavy atom. The molecule has 8 heteroatoms. The summed E-state index contributed by atoms with van der Waals surface area (Å²) in [7, 11) is 0. The molecule has 1 atom stereocenters. The normalized spacial score (nSPS) is 14.9. The first kappa shape index (κ1) is 21.5. The standard InChI is InChI=1S/C23H22Cl2N4O2/c24-16-7-9-17(10-8-16)30-15-22-28-20(13-26)23(31-22)27-14-21(29-11-3-4-12-29)18-5-1-2-6-19(18)25/h1-2,5-10,21,27H,3-4,11-12,14-15H2. The Morgan fingerprint density at radius 2 is 1.87 bits per heavy atom. The first-order valence-electron chi connectivity index (χ1n) is 10.1. The topological polar surface area (TPSA) is 74.3 Å². The predicted octanol–water partition coefficient (Wildman–Crippen LogP) is 5.68. The van der Waals surface area contributed by atoms with Crippen LogP contribution in [-0.2, 0) is 6.61 Å². The van der Waals surface area contributed by atoms with Crippen molar-refractivity contribution in [1.29, 1.82) is 5.26 Å². The lowest BCUT2D eigenvalue weighted by Gasteiger charge is -2.28. The number of ether oxygens (including phenoxy) is 1. The number of nitrogens with one attached hydrogen (secondary N) is 1. The molecule has 1 N–H and O–H groups in total. The molecular weight excluding hydrogens is 435 g/mol. The summed E-state index contributed by atoms with van der Waals surface area (Å²) < 4.78 is 11.5. The molecule has 160 valence electrons. The summed E-state index contributed by atoms with van der Waals surface area (Å²) in [6.07, 6.45) is 2.33. The van der Waals surface area contributed by atoms with Crippen molar-refractivity contribution in [2.75, 3.05) is 25.0 Å². The number of rotatable bonds is 8. The SMILES string of the molecule is N#Cc1nc(COc2ccc(Cl)cc2)oc1NCC(c1ccccc1Cl)N1CCCC1.